The molecular formula is C16H22NO4-. The van der Waals surface area contributed by atoms with E-state index in [0.717, 1.165) is 5.56 Å². The summed E-state index contributed by atoms with van der Waals surface area (Å²) in [5, 5.41) is 20.3. The lowest BCUT2D eigenvalue weighted by Crippen LogP contribution is -2.52. The standard InChI is InChI=1S/C16H23NO4/c1-10(14(18)19)17(11(2)15(20)21)13-8-6-12(7-9-13)16(3,4)5/h6-11H,1-5H3,(H,18,19)(H,20,21)/p-1. The molecule has 5 heteroatoms. The molecule has 0 saturated carbocycles. The summed E-state index contributed by atoms with van der Waals surface area (Å²) >= 11 is 0. The molecule has 0 aliphatic heterocycles. The van der Waals surface area contributed by atoms with Crippen molar-refractivity contribution < 1.29 is 19.8 Å². The third kappa shape index (κ3) is 3.97. The van der Waals surface area contributed by atoms with Gasteiger partial charge in [0.15, 0.2) is 0 Å². The molecule has 1 N–H and O–H groups in total. The molecular weight excluding hydrogens is 270 g/mol. The molecule has 0 amide bonds. The van der Waals surface area contributed by atoms with Crippen molar-refractivity contribution in [2.75, 3.05) is 4.90 Å². The molecule has 2 unspecified atom stereocenters. The summed E-state index contributed by atoms with van der Waals surface area (Å²) in [7, 11) is 0. The number of carbonyl (C=O) groups excluding carboxylic acids is 1. The smallest absolute Gasteiger partial charge is 0.326 e. The lowest BCUT2D eigenvalue weighted by molar-refractivity contribution is -0.307. The SMILES string of the molecule is CC(C(=O)[O-])N(c1ccc(C(C)(C)C)cc1)C(C)C(=O)O. The number of rotatable bonds is 5. The van der Waals surface area contributed by atoms with Crippen LogP contribution in [0.3, 0.4) is 0 Å². The molecule has 0 fully saturated rings. The predicted octanol–water partition coefficient (Wildman–Crippen LogP) is 1.40. The maximum absolute atomic E-state index is 11.2. The number of hydrogen-bond donors (Lipinski definition) is 1. The second-order valence-electron chi connectivity index (χ2n) is 6.21. The minimum absolute atomic E-state index is 0.0260. The highest BCUT2D eigenvalue weighted by molar-refractivity contribution is 5.83. The Hall–Kier alpha value is -2.04. The Kier molecular flexibility index (Phi) is 4.99. The fourth-order valence-corrected chi connectivity index (χ4v) is 2.15. The number of anilines is 1. The molecule has 0 saturated heterocycles. The van der Waals surface area contributed by atoms with Crippen molar-refractivity contribution in [2.45, 2.75) is 52.1 Å². The van der Waals surface area contributed by atoms with Crippen LogP contribution < -0.4 is 10.0 Å². The van der Waals surface area contributed by atoms with Gasteiger partial charge in [-0.3, -0.25) is 0 Å². The first-order valence-corrected chi connectivity index (χ1v) is 6.88. The first-order chi connectivity index (χ1) is 9.55. The van der Waals surface area contributed by atoms with Crippen molar-refractivity contribution in [3.8, 4) is 0 Å². The molecule has 1 aromatic rings. The number of benzene rings is 1. The van der Waals surface area contributed by atoms with E-state index in [2.05, 4.69) is 20.8 Å². The maximum atomic E-state index is 11.2. The van der Waals surface area contributed by atoms with Crippen molar-refractivity contribution in [1.82, 2.24) is 0 Å². The second kappa shape index (κ2) is 6.16. The third-order valence-corrected chi connectivity index (χ3v) is 3.56. The number of aliphatic carboxylic acids is 2. The van der Waals surface area contributed by atoms with E-state index in [4.69, 9.17) is 0 Å². The van der Waals surface area contributed by atoms with Gasteiger partial charge in [-0.2, -0.15) is 0 Å². The minimum Gasteiger partial charge on any atom is -0.548 e. The van der Waals surface area contributed by atoms with Crippen LogP contribution in [0.4, 0.5) is 5.69 Å². The van der Waals surface area contributed by atoms with Crippen LogP contribution in [0, 0.1) is 0 Å². The van der Waals surface area contributed by atoms with E-state index in [1.54, 1.807) is 12.1 Å². The maximum Gasteiger partial charge on any atom is 0.326 e. The van der Waals surface area contributed by atoms with Gasteiger partial charge in [0.05, 0.1) is 12.0 Å². The minimum atomic E-state index is -1.30. The van der Waals surface area contributed by atoms with E-state index >= 15 is 0 Å². The zero-order chi connectivity index (χ0) is 16.4. The van der Waals surface area contributed by atoms with Crippen LogP contribution in [-0.2, 0) is 15.0 Å². The summed E-state index contributed by atoms with van der Waals surface area (Å²) in [5.74, 6) is -2.38. The van der Waals surface area contributed by atoms with Crippen LogP contribution in [0.2, 0.25) is 0 Å². The highest BCUT2D eigenvalue weighted by Gasteiger charge is 2.26. The lowest BCUT2D eigenvalue weighted by Gasteiger charge is -2.35. The first-order valence-electron chi connectivity index (χ1n) is 6.88. The van der Waals surface area contributed by atoms with Crippen molar-refractivity contribution in [2.24, 2.45) is 0 Å². The number of carbonyl (C=O) groups is 2. The normalized spacial score (nSPS) is 14.3. The monoisotopic (exact) mass is 292 g/mol. The van der Waals surface area contributed by atoms with Gasteiger partial charge in [0.25, 0.3) is 0 Å². The number of carboxylic acid groups (broad SMARTS) is 2. The highest BCUT2D eigenvalue weighted by Crippen LogP contribution is 2.26. The van der Waals surface area contributed by atoms with Crippen molar-refractivity contribution in [3.05, 3.63) is 29.8 Å². The molecule has 21 heavy (non-hydrogen) atoms. The molecule has 0 spiro atoms. The molecule has 0 heterocycles. The van der Waals surface area contributed by atoms with E-state index in [1.807, 2.05) is 12.1 Å². The fourth-order valence-electron chi connectivity index (χ4n) is 2.15. The van der Waals surface area contributed by atoms with Crippen molar-refractivity contribution in [1.29, 1.82) is 0 Å². The average molecular weight is 292 g/mol. The van der Waals surface area contributed by atoms with Gasteiger partial charge in [-0.15, -0.1) is 0 Å². The molecule has 116 valence electrons. The van der Waals surface area contributed by atoms with Crippen LogP contribution in [0.5, 0.6) is 0 Å². The van der Waals surface area contributed by atoms with Crippen LogP contribution >= 0.6 is 0 Å². The zero-order valence-corrected chi connectivity index (χ0v) is 13.1. The quantitative estimate of drug-likeness (QED) is 0.887. The Balaban J connectivity index is 3.21. The van der Waals surface area contributed by atoms with Crippen LogP contribution in [0.25, 0.3) is 0 Å². The topological polar surface area (TPSA) is 80.7 Å². The summed E-state index contributed by atoms with van der Waals surface area (Å²) in [6, 6.07) is 5.28. The highest BCUT2D eigenvalue weighted by atomic mass is 16.4. The summed E-state index contributed by atoms with van der Waals surface area (Å²) < 4.78 is 0. The van der Waals surface area contributed by atoms with Gasteiger partial charge in [-0.05, 0) is 37.0 Å². The number of hydrogen-bond acceptors (Lipinski definition) is 4. The molecule has 0 aromatic heterocycles. The van der Waals surface area contributed by atoms with Crippen molar-refractivity contribution in [3.63, 3.8) is 0 Å². The molecule has 0 radical (unpaired) electrons. The average Bonchev–Trinajstić information content (AvgIpc) is 2.38. The second-order valence-corrected chi connectivity index (χ2v) is 6.21. The van der Waals surface area contributed by atoms with Gasteiger partial charge in [0.2, 0.25) is 0 Å². The van der Waals surface area contributed by atoms with E-state index in [0.29, 0.717) is 5.69 Å². The van der Waals surface area contributed by atoms with Gasteiger partial charge in [-0.25, -0.2) is 4.79 Å². The van der Waals surface area contributed by atoms with E-state index in [9.17, 15) is 19.8 Å². The summed E-state index contributed by atoms with van der Waals surface area (Å²) in [4.78, 5) is 23.7. The molecule has 2 atom stereocenters. The Morgan fingerprint density at radius 1 is 1.10 bits per heavy atom. The van der Waals surface area contributed by atoms with Crippen LogP contribution in [-0.4, -0.2) is 29.1 Å². The number of nitrogens with zero attached hydrogens (tertiary/aromatic N) is 1. The molecule has 0 aliphatic rings. The Morgan fingerprint density at radius 3 is 1.90 bits per heavy atom. The largest absolute Gasteiger partial charge is 0.548 e. The predicted molar refractivity (Wildman–Crippen MR) is 79.2 cm³/mol. The van der Waals surface area contributed by atoms with Gasteiger partial charge < -0.3 is 19.9 Å². The molecule has 1 rings (SSSR count). The molecule has 1 aromatic carbocycles. The fraction of sp³-hybridized carbons (Fsp3) is 0.500. The van der Waals surface area contributed by atoms with Crippen LogP contribution in [0.1, 0.15) is 40.2 Å². The van der Waals surface area contributed by atoms with Crippen molar-refractivity contribution >= 4 is 17.6 Å². The third-order valence-electron chi connectivity index (χ3n) is 3.56. The Morgan fingerprint density at radius 2 is 1.57 bits per heavy atom. The van der Waals surface area contributed by atoms with Gasteiger partial charge in [-0.1, -0.05) is 32.9 Å². The summed E-state index contributed by atoms with van der Waals surface area (Å²) in [6.45, 7) is 9.10. The van der Waals surface area contributed by atoms with Gasteiger partial charge in [0, 0.05) is 5.69 Å². The van der Waals surface area contributed by atoms with E-state index < -0.39 is 24.0 Å². The zero-order valence-electron chi connectivity index (χ0n) is 13.1. The lowest BCUT2D eigenvalue weighted by atomic mass is 9.87. The van der Waals surface area contributed by atoms with Gasteiger partial charge >= 0.3 is 5.97 Å². The molecule has 0 bridgehead atoms. The summed E-state index contributed by atoms with van der Waals surface area (Å²) in [6.07, 6.45) is 0. The van der Waals surface area contributed by atoms with Crippen LogP contribution in [0.15, 0.2) is 24.3 Å². The molecule has 0 aliphatic carbocycles. The first kappa shape index (κ1) is 17.0. The number of carboxylic acids is 2. The summed E-state index contributed by atoms with van der Waals surface area (Å²) in [5.41, 5.74) is 1.62. The van der Waals surface area contributed by atoms with E-state index in [1.165, 1.54) is 18.7 Å². The molecule has 5 nitrogen and oxygen atoms in total. The Bertz CT molecular complexity index is 496. The van der Waals surface area contributed by atoms with E-state index in [-0.39, 0.29) is 5.41 Å². The van der Waals surface area contributed by atoms with Gasteiger partial charge in [0.1, 0.15) is 6.04 Å². The Labute approximate surface area is 125 Å².